The molecule has 1 amide bonds. The molecule has 1 aromatic heterocycles. The minimum absolute atomic E-state index is 0.00823. The zero-order valence-electron chi connectivity index (χ0n) is 21.7. The van der Waals surface area contributed by atoms with E-state index in [1.165, 1.54) is 36.0 Å². The first-order valence-corrected chi connectivity index (χ1v) is 14.2. The fourth-order valence-corrected chi connectivity index (χ4v) is 6.35. The zero-order valence-corrected chi connectivity index (χ0v) is 23.3. The zero-order chi connectivity index (χ0) is 28.4. The van der Waals surface area contributed by atoms with Gasteiger partial charge in [-0.05, 0) is 85.3 Å². The summed E-state index contributed by atoms with van der Waals surface area (Å²) < 4.78 is 51.2. The number of carbonyl (C=O) groups excluding carboxylic acids is 1. The first-order valence-electron chi connectivity index (χ1n) is 12.8. The lowest BCUT2D eigenvalue weighted by molar-refractivity contribution is -0.118. The van der Waals surface area contributed by atoms with Gasteiger partial charge in [-0.15, -0.1) is 0 Å². The SMILES string of the molecule is COc1cc(C2CCCc3nc(SCc4c(F)cc(CCC(N)=O)cc4F)n(-c4ccc(F)cc4)c32)ccc1Cl. The van der Waals surface area contributed by atoms with Crippen LogP contribution in [-0.4, -0.2) is 22.6 Å². The summed E-state index contributed by atoms with van der Waals surface area (Å²) in [6, 6.07) is 14.3. The lowest BCUT2D eigenvalue weighted by Gasteiger charge is -2.26. The van der Waals surface area contributed by atoms with Crippen LogP contribution in [0.15, 0.2) is 59.8 Å². The molecular formula is C30H27ClF3N3O2S. The standard InChI is InChI=1S/C30H27ClF3N3O2S/c1-39-27-15-18(6-11-23(27)31)21-3-2-4-26-29(21)37(20-9-7-19(32)8-10-20)30(36-26)40-16-22-24(33)13-17(14-25(22)34)5-12-28(35)38/h6-11,13-15,21H,2-5,12,16H2,1H3,(H2,35,38). The van der Waals surface area contributed by atoms with Crippen LogP contribution in [0, 0.1) is 17.5 Å². The topological polar surface area (TPSA) is 70.1 Å². The number of hydrogen-bond acceptors (Lipinski definition) is 4. The Kier molecular flexibility index (Phi) is 8.42. The van der Waals surface area contributed by atoms with Crippen LogP contribution < -0.4 is 10.5 Å². The van der Waals surface area contributed by atoms with Gasteiger partial charge < -0.3 is 10.5 Å². The maximum absolute atomic E-state index is 15.0. The van der Waals surface area contributed by atoms with Crippen LogP contribution in [0.3, 0.4) is 0 Å². The van der Waals surface area contributed by atoms with Gasteiger partial charge in [0.2, 0.25) is 5.91 Å². The minimum atomic E-state index is -0.692. The van der Waals surface area contributed by atoms with Gasteiger partial charge in [0.1, 0.15) is 23.2 Å². The second kappa shape index (κ2) is 12.0. The number of primary amides is 1. The molecule has 208 valence electrons. The van der Waals surface area contributed by atoms with Gasteiger partial charge >= 0.3 is 0 Å². The van der Waals surface area contributed by atoms with E-state index in [-0.39, 0.29) is 35.9 Å². The van der Waals surface area contributed by atoms with Crippen molar-refractivity contribution in [2.45, 2.75) is 48.9 Å². The summed E-state index contributed by atoms with van der Waals surface area (Å²) in [5.41, 5.74) is 9.00. The van der Waals surface area contributed by atoms with Crippen molar-refractivity contribution in [2.24, 2.45) is 5.73 Å². The molecule has 1 aliphatic carbocycles. The molecule has 2 N–H and O–H groups in total. The van der Waals surface area contributed by atoms with Gasteiger partial charge in [0, 0.05) is 29.3 Å². The molecule has 3 aromatic carbocycles. The van der Waals surface area contributed by atoms with Gasteiger partial charge in [0.25, 0.3) is 0 Å². The van der Waals surface area contributed by atoms with E-state index in [2.05, 4.69) is 0 Å². The summed E-state index contributed by atoms with van der Waals surface area (Å²) in [6.45, 7) is 0. The minimum Gasteiger partial charge on any atom is -0.495 e. The highest BCUT2D eigenvalue weighted by atomic mass is 35.5. The number of hydrogen-bond donors (Lipinski definition) is 1. The monoisotopic (exact) mass is 585 g/mol. The number of imidazole rings is 1. The van der Waals surface area contributed by atoms with E-state index in [1.54, 1.807) is 25.3 Å². The van der Waals surface area contributed by atoms with Crippen molar-refractivity contribution >= 4 is 29.3 Å². The van der Waals surface area contributed by atoms with Gasteiger partial charge in [-0.3, -0.25) is 9.36 Å². The Labute approximate surface area is 239 Å². The molecule has 1 atom stereocenters. The van der Waals surface area contributed by atoms with Crippen molar-refractivity contribution in [3.63, 3.8) is 0 Å². The quantitative estimate of drug-likeness (QED) is 0.212. The third-order valence-corrected chi connectivity index (χ3v) is 8.34. The Balaban J connectivity index is 1.53. The number of rotatable bonds is 9. The average molecular weight is 586 g/mol. The Bertz CT molecular complexity index is 1540. The molecule has 0 saturated heterocycles. The summed E-state index contributed by atoms with van der Waals surface area (Å²) in [7, 11) is 1.57. The smallest absolute Gasteiger partial charge is 0.217 e. The second-order valence-electron chi connectivity index (χ2n) is 9.67. The Morgan fingerprint density at radius 1 is 1.12 bits per heavy atom. The third-order valence-electron chi connectivity index (χ3n) is 7.06. The van der Waals surface area contributed by atoms with Crippen LogP contribution in [0.25, 0.3) is 5.69 Å². The number of benzene rings is 3. The summed E-state index contributed by atoms with van der Waals surface area (Å²) in [5.74, 6) is -1.77. The normalized spacial score (nSPS) is 14.7. The predicted molar refractivity (Wildman–Crippen MR) is 150 cm³/mol. The fraction of sp³-hybridized carbons (Fsp3) is 0.267. The molecule has 1 unspecified atom stereocenters. The Morgan fingerprint density at radius 3 is 2.52 bits per heavy atom. The molecule has 0 bridgehead atoms. The van der Waals surface area contributed by atoms with Crippen molar-refractivity contribution < 1.29 is 22.7 Å². The van der Waals surface area contributed by atoms with Crippen LogP contribution in [0.4, 0.5) is 13.2 Å². The van der Waals surface area contributed by atoms with Crippen LogP contribution in [0.1, 0.15) is 53.3 Å². The molecule has 1 aliphatic rings. The number of fused-ring (bicyclic) bond motifs is 1. The van der Waals surface area contributed by atoms with Crippen molar-refractivity contribution in [1.82, 2.24) is 9.55 Å². The number of methoxy groups -OCH3 is 1. The molecule has 40 heavy (non-hydrogen) atoms. The second-order valence-corrected chi connectivity index (χ2v) is 11.0. The van der Waals surface area contributed by atoms with Crippen molar-refractivity contribution in [3.8, 4) is 11.4 Å². The molecule has 0 aliphatic heterocycles. The highest BCUT2D eigenvalue weighted by Gasteiger charge is 2.31. The number of amides is 1. The van der Waals surface area contributed by atoms with E-state index < -0.39 is 17.5 Å². The van der Waals surface area contributed by atoms with Crippen molar-refractivity contribution in [2.75, 3.05) is 7.11 Å². The number of aryl methyl sites for hydroxylation is 2. The fourth-order valence-electron chi connectivity index (χ4n) is 5.10. The molecular weight excluding hydrogens is 559 g/mol. The molecule has 1 heterocycles. The largest absolute Gasteiger partial charge is 0.495 e. The lowest BCUT2D eigenvalue weighted by atomic mass is 9.84. The average Bonchev–Trinajstić information content (AvgIpc) is 3.30. The maximum Gasteiger partial charge on any atom is 0.217 e. The van der Waals surface area contributed by atoms with Gasteiger partial charge in [0.15, 0.2) is 5.16 Å². The molecule has 0 spiro atoms. The van der Waals surface area contributed by atoms with Gasteiger partial charge in [0.05, 0.1) is 23.5 Å². The van der Waals surface area contributed by atoms with Crippen LogP contribution >= 0.6 is 23.4 Å². The molecule has 4 aromatic rings. The van der Waals surface area contributed by atoms with Crippen LogP contribution in [0.5, 0.6) is 5.75 Å². The van der Waals surface area contributed by atoms with Crippen LogP contribution in [-0.2, 0) is 23.4 Å². The molecule has 0 fully saturated rings. The van der Waals surface area contributed by atoms with E-state index in [0.717, 1.165) is 36.2 Å². The number of aromatic nitrogens is 2. The lowest BCUT2D eigenvalue weighted by Crippen LogP contribution is -2.15. The number of thioether (sulfide) groups is 1. The van der Waals surface area contributed by atoms with E-state index >= 15 is 0 Å². The first-order chi connectivity index (χ1) is 19.2. The molecule has 5 rings (SSSR count). The number of carbonyl (C=O) groups is 1. The number of nitrogens with zero attached hydrogens (tertiary/aromatic N) is 2. The number of nitrogens with two attached hydrogens (primary N) is 1. The van der Waals surface area contributed by atoms with Gasteiger partial charge in [-0.2, -0.15) is 0 Å². The summed E-state index contributed by atoms with van der Waals surface area (Å²) in [4.78, 5) is 16.0. The van der Waals surface area contributed by atoms with Crippen LogP contribution in [0.2, 0.25) is 5.02 Å². The molecule has 0 saturated carbocycles. The Hall–Kier alpha value is -3.43. The van der Waals surface area contributed by atoms with Gasteiger partial charge in [-0.1, -0.05) is 29.4 Å². The summed E-state index contributed by atoms with van der Waals surface area (Å²) >= 11 is 7.50. The van der Waals surface area contributed by atoms with E-state index in [0.29, 0.717) is 27.2 Å². The van der Waals surface area contributed by atoms with Gasteiger partial charge in [-0.25, -0.2) is 18.2 Å². The van der Waals surface area contributed by atoms with Crippen molar-refractivity contribution in [1.29, 1.82) is 0 Å². The third kappa shape index (κ3) is 5.86. The number of ether oxygens (including phenoxy) is 1. The van der Waals surface area contributed by atoms with Crippen molar-refractivity contribution in [3.05, 3.63) is 105 Å². The van der Waals surface area contributed by atoms with E-state index in [1.807, 2.05) is 16.7 Å². The summed E-state index contributed by atoms with van der Waals surface area (Å²) in [5, 5.41) is 1.07. The highest BCUT2D eigenvalue weighted by Crippen LogP contribution is 2.42. The van der Waals surface area contributed by atoms with E-state index in [4.69, 9.17) is 27.1 Å². The summed E-state index contributed by atoms with van der Waals surface area (Å²) in [6.07, 6.45) is 2.67. The molecule has 10 heteroatoms. The number of halogens is 4. The highest BCUT2D eigenvalue weighted by molar-refractivity contribution is 7.98. The van der Waals surface area contributed by atoms with E-state index in [9.17, 15) is 18.0 Å². The maximum atomic E-state index is 15.0. The molecule has 0 radical (unpaired) electrons. The molecule has 5 nitrogen and oxygen atoms in total. The predicted octanol–water partition coefficient (Wildman–Crippen LogP) is 7.13. The first kappa shape index (κ1) is 28.1. The Morgan fingerprint density at radius 2 is 1.85 bits per heavy atom.